The van der Waals surface area contributed by atoms with Crippen LogP contribution in [0.25, 0.3) is 11.3 Å². The summed E-state index contributed by atoms with van der Waals surface area (Å²) in [4.78, 5) is 4.33. The summed E-state index contributed by atoms with van der Waals surface area (Å²) >= 11 is 0. The van der Waals surface area contributed by atoms with Crippen molar-refractivity contribution in [3.63, 3.8) is 0 Å². The van der Waals surface area contributed by atoms with Gasteiger partial charge in [0, 0.05) is 25.2 Å². The van der Waals surface area contributed by atoms with Gasteiger partial charge in [-0.3, -0.25) is 0 Å². The summed E-state index contributed by atoms with van der Waals surface area (Å²) in [6.07, 6.45) is 1.77. The largest absolute Gasteiger partial charge is 0.351 e. The SMILES string of the molecule is Cc1ccc(-c2cnc(NCc3ccc(F)cc3F)n2C)cc1. The Morgan fingerprint density at radius 2 is 1.83 bits per heavy atom. The maximum absolute atomic E-state index is 13.7. The van der Waals surface area contributed by atoms with Gasteiger partial charge >= 0.3 is 0 Å². The van der Waals surface area contributed by atoms with E-state index in [0.717, 1.165) is 17.3 Å². The zero-order chi connectivity index (χ0) is 16.4. The van der Waals surface area contributed by atoms with Crippen molar-refractivity contribution in [2.24, 2.45) is 7.05 Å². The molecule has 2 aromatic carbocycles. The summed E-state index contributed by atoms with van der Waals surface area (Å²) in [6, 6.07) is 11.7. The third-order valence-corrected chi connectivity index (χ3v) is 3.79. The van der Waals surface area contributed by atoms with Crippen LogP contribution in [0.1, 0.15) is 11.1 Å². The lowest BCUT2D eigenvalue weighted by molar-refractivity contribution is 0.574. The van der Waals surface area contributed by atoms with Gasteiger partial charge in [-0.25, -0.2) is 13.8 Å². The topological polar surface area (TPSA) is 29.9 Å². The van der Waals surface area contributed by atoms with E-state index in [4.69, 9.17) is 0 Å². The number of benzene rings is 2. The number of rotatable bonds is 4. The minimum absolute atomic E-state index is 0.240. The molecule has 0 spiro atoms. The molecule has 0 unspecified atom stereocenters. The van der Waals surface area contributed by atoms with Gasteiger partial charge in [-0.15, -0.1) is 0 Å². The van der Waals surface area contributed by atoms with Gasteiger partial charge in [-0.2, -0.15) is 0 Å². The second-order valence-corrected chi connectivity index (χ2v) is 5.48. The number of halogens is 2. The van der Waals surface area contributed by atoms with Crippen LogP contribution in [0.15, 0.2) is 48.7 Å². The highest BCUT2D eigenvalue weighted by Gasteiger charge is 2.09. The average molecular weight is 313 g/mol. The quantitative estimate of drug-likeness (QED) is 0.779. The lowest BCUT2D eigenvalue weighted by atomic mass is 10.1. The smallest absolute Gasteiger partial charge is 0.203 e. The van der Waals surface area contributed by atoms with Crippen LogP contribution in [-0.2, 0) is 13.6 Å². The van der Waals surface area contributed by atoms with Gasteiger partial charge in [-0.05, 0) is 18.6 Å². The molecule has 3 aromatic rings. The minimum Gasteiger partial charge on any atom is -0.351 e. The molecule has 0 bridgehead atoms. The lowest BCUT2D eigenvalue weighted by Gasteiger charge is -2.09. The molecule has 23 heavy (non-hydrogen) atoms. The minimum atomic E-state index is -0.579. The predicted molar refractivity (Wildman–Crippen MR) is 87.1 cm³/mol. The monoisotopic (exact) mass is 313 g/mol. The number of anilines is 1. The molecule has 3 nitrogen and oxygen atoms in total. The molecule has 118 valence electrons. The average Bonchev–Trinajstić information content (AvgIpc) is 2.88. The highest BCUT2D eigenvalue weighted by atomic mass is 19.1. The zero-order valence-corrected chi connectivity index (χ0v) is 13.0. The fourth-order valence-electron chi connectivity index (χ4n) is 2.41. The van der Waals surface area contributed by atoms with Gasteiger partial charge in [0.15, 0.2) is 0 Å². The predicted octanol–water partition coefficient (Wildman–Crippen LogP) is 4.29. The van der Waals surface area contributed by atoms with Crippen molar-refractivity contribution in [1.29, 1.82) is 0 Å². The molecule has 0 amide bonds. The number of hydrogen-bond acceptors (Lipinski definition) is 2. The first-order valence-electron chi connectivity index (χ1n) is 7.31. The molecule has 0 saturated carbocycles. The van der Waals surface area contributed by atoms with Crippen LogP contribution in [-0.4, -0.2) is 9.55 Å². The second kappa shape index (κ2) is 6.20. The van der Waals surface area contributed by atoms with Crippen molar-refractivity contribution < 1.29 is 8.78 Å². The summed E-state index contributed by atoms with van der Waals surface area (Å²) in [5, 5.41) is 3.08. The van der Waals surface area contributed by atoms with Crippen LogP contribution in [0.2, 0.25) is 0 Å². The van der Waals surface area contributed by atoms with E-state index in [1.165, 1.54) is 17.7 Å². The molecule has 0 aliphatic rings. The van der Waals surface area contributed by atoms with Crippen LogP contribution < -0.4 is 5.32 Å². The van der Waals surface area contributed by atoms with Crippen LogP contribution in [0.5, 0.6) is 0 Å². The van der Waals surface area contributed by atoms with Crippen LogP contribution in [0, 0.1) is 18.6 Å². The highest BCUT2D eigenvalue weighted by molar-refractivity contribution is 5.61. The highest BCUT2D eigenvalue weighted by Crippen LogP contribution is 2.22. The molecule has 1 aromatic heterocycles. The number of nitrogens with one attached hydrogen (secondary N) is 1. The summed E-state index contributed by atoms with van der Waals surface area (Å²) in [7, 11) is 1.89. The lowest BCUT2D eigenvalue weighted by Crippen LogP contribution is -2.07. The Hall–Kier alpha value is -2.69. The van der Waals surface area contributed by atoms with Gasteiger partial charge in [0.05, 0.1) is 11.9 Å². The van der Waals surface area contributed by atoms with E-state index in [1.54, 1.807) is 6.20 Å². The van der Waals surface area contributed by atoms with E-state index < -0.39 is 11.6 Å². The third kappa shape index (κ3) is 3.23. The molecule has 1 N–H and O–H groups in total. The van der Waals surface area contributed by atoms with Crippen LogP contribution >= 0.6 is 0 Å². The molecule has 3 rings (SSSR count). The normalized spacial score (nSPS) is 10.8. The number of imidazole rings is 1. The molecule has 1 heterocycles. The number of aryl methyl sites for hydroxylation is 1. The van der Waals surface area contributed by atoms with E-state index in [0.29, 0.717) is 11.5 Å². The first-order valence-corrected chi connectivity index (χ1v) is 7.31. The second-order valence-electron chi connectivity index (χ2n) is 5.48. The van der Waals surface area contributed by atoms with Gasteiger partial charge in [0.1, 0.15) is 11.6 Å². The van der Waals surface area contributed by atoms with E-state index in [1.807, 2.05) is 42.8 Å². The fraction of sp³-hybridized carbons (Fsp3) is 0.167. The van der Waals surface area contributed by atoms with Crippen molar-refractivity contribution in [2.45, 2.75) is 13.5 Å². The Bertz CT molecular complexity index is 823. The zero-order valence-electron chi connectivity index (χ0n) is 13.0. The molecule has 0 aliphatic carbocycles. The first-order chi connectivity index (χ1) is 11.0. The van der Waals surface area contributed by atoms with E-state index in [-0.39, 0.29) is 6.54 Å². The van der Waals surface area contributed by atoms with Crippen LogP contribution in [0.4, 0.5) is 14.7 Å². The summed E-state index contributed by atoms with van der Waals surface area (Å²) in [6.45, 7) is 2.28. The van der Waals surface area contributed by atoms with Crippen molar-refractivity contribution in [1.82, 2.24) is 9.55 Å². The van der Waals surface area contributed by atoms with Gasteiger partial charge < -0.3 is 9.88 Å². The Morgan fingerprint density at radius 1 is 1.09 bits per heavy atom. The van der Waals surface area contributed by atoms with Gasteiger partial charge in [-0.1, -0.05) is 35.9 Å². The van der Waals surface area contributed by atoms with Crippen LogP contribution in [0.3, 0.4) is 0 Å². The maximum atomic E-state index is 13.7. The van der Waals surface area contributed by atoms with Crippen molar-refractivity contribution in [2.75, 3.05) is 5.32 Å². The van der Waals surface area contributed by atoms with Crippen molar-refractivity contribution in [3.8, 4) is 11.3 Å². The Morgan fingerprint density at radius 3 is 2.52 bits per heavy atom. The van der Waals surface area contributed by atoms with Crippen molar-refractivity contribution in [3.05, 3.63) is 71.4 Å². The molecular weight excluding hydrogens is 296 g/mol. The van der Waals surface area contributed by atoms with Crippen molar-refractivity contribution >= 4 is 5.95 Å². The first kappa shape index (κ1) is 15.2. The number of nitrogens with zero attached hydrogens (tertiary/aromatic N) is 2. The summed E-state index contributed by atoms with van der Waals surface area (Å²) < 4.78 is 28.5. The summed E-state index contributed by atoms with van der Waals surface area (Å²) in [5.41, 5.74) is 3.62. The maximum Gasteiger partial charge on any atom is 0.203 e. The van der Waals surface area contributed by atoms with Gasteiger partial charge in [0.2, 0.25) is 5.95 Å². The summed E-state index contributed by atoms with van der Waals surface area (Å²) in [5.74, 6) is -0.514. The molecule has 0 saturated heterocycles. The molecule has 0 atom stereocenters. The number of hydrogen-bond donors (Lipinski definition) is 1. The number of aromatic nitrogens is 2. The molecule has 5 heteroatoms. The van der Waals surface area contributed by atoms with E-state index in [9.17, 15) is 8.78 Å². The van der Waals surface area contributed by atoms with Gasteiger partial charge in [0.25, 0.3) is 0 Å². The van der Waals surface area contributed by atoms with E-state index in [2.05, 4.69) is 10.3 Å². The Labute approximate surface area is 133 Å². The molecular formula is C18H17F2N3. The standard InChI is InChI=1S/C18H17F2N3/c1-12-3-5-13(6-4-12)17-11-22-18(23(17)2)21-10-14-7-8-15(19)9-16(14)20/h3-9,11H,10H2,1-2H3,(H,21,22). The van der Waals surface area contributed by atoms with E-state index >= 15 is 0 Å². The molecule has 0 aliphatic heterocycles. The molecule has 0 fully saturated rings. The Kier molecular flexibility index (Phi) is 4.10. The Balaban J connectivity index is 1.78. The third-order valence-electron chi connectivity index (χ3n) is 3.79. The fourth-order valence-corrected chi connectivity index (χ4v) is 2.41. The molecule has 0 radical (unpaired) electrons.